The van der Waals surface area contributed by atoms with Crippen molar-refractivity contribution in [1.29, 1.82) is 0 Å². The smallest absolute Gasteiger partial charge is 0.193 e. The monoisotopic (exact) mass is 577 g/mol. The number of ketones is 1. The van der Waals surface area contributed by atoms with Crippen LogP contribution in [0.25, 0.3) is 0 Å². The van der Waals surface area contributed by atoms with Gasteiger partial charge in [-0.1, -0.05) is 77.1 Å². The minimum Gasteiger partial charge on any atom is -0.488 e. The number of ether oxygens (including phenoxy) is 2. The highest BCUT2D eigenvalue weighted by atomic mass is 16.5. The molecular weight excluding hydrogens is 530 g/mol. The molecular formula is C39H47NO3. The van der Waals surface area contributed by atoms with Crippen LogP contribution in [0.3, 0.4) is 0 Å². The van der Waals surface area contributed by atoms with Crippen molar-refractivity contribution < 1.29 is 14.3 Å². The first-order valence-corrected chi connectivity index (χ1v) is 15.0. The fraction of sp³-hybridized carbons (Fsp3) is 0.359. The molecule has 0 atom stereocenters. The summed E-state index contributed by atoms with van der Waals surface area (Å²) in [5.74, 6) is 2.37. The average Bonchev–Trinajstić information content (AvgIpc) is 2.93. The van der Waals surface area contributed by atoms with E-state index >= 15 is 0 Å². The van der Waals surface area contributed by atoms with Crippen molar-refractivity contribution in [3.63, 3.8) is 0 Å². The van der Waals surface area contributed by atoms with Gasteiger partial charge in [-0.25, -0.2) is 0 Å². The van der Waals surface area contributed by atoms with Crippen molar-refractivity contribution in [3.05, 3.63) is 124 Å². The van der Waals surface area contributed by atoms with Gasteiger partial charge in [-0.2, -0.15) is 0 Å². The number of hydrogen-bond acceptors (Lipinski definition) is 4. The van der Waals surface area contributed by atoms with Gasteiger partial charge < -0.3 is 14.4 Å². The van der Waals surface area contributed by atoms with Gasteiger partial charge in [0.25, 0.3) is 0 Å². The Morgan fingerprint density at radius 3 is 1.58 bits per heavy atom. The molecule has 0 aliphatic carbocycles. The van der Waals surface area contributed by atoms with Crippen LogP contribution < -0.4 is 9.47 Å². The first-order valence-electron chi connectivity index (χ1n) is 15.0. The van der Waals surface area contributed by atoms with Gasteiger partial charge in [0.15, 0.2) is 5.78 Å². The third-order valence-electron chi connectivity index (χ3n) is 7.63. The fourth-order valence-electron chi connectivity index (χ4n) is 5.07. The van der Waals surface area contributed by atoms with E-state index in [0.717, 1.165) is 18.0 Å². The molecule has 0 saturated carbocycles. The van der Waals surface area contributed by atoms with E-state index in [1.54, 1.807) is 0 Å². The molecule has 4 aromatic carbocycles. The van der Waals surface area contributed by atoms with Crippen molar-refractivity contribution in [1.82, 2.24) is 4.90 Å². The second kappa shape index (κ2) is 12.4. The Morgan fingerprint density at radius 1 is 0.628 bits per heavy atom. The van der Waals surface area contributed by atoms with Crippen LogP contribution in [-0.4, -0.2) is 30.4 Å². The number of hydrogen-bond donors (Lipinski definition) is 0. The summed E-state index contributed by atoms with van der Waals surface area (Å²) < 4.78 is 12.4. The summed E-state index contributed by atoms with van der Waals surface area (Å²) in [6, 6.07) is 30.0. The molecule has 4 rings (SSSR count). The van der Waals surface area contributed by atoms with Gasteiger partial charge in [0.1, 0.15) is 22.8 Å². The first-order chi connectivity index (χ1) is 20.0. The van der Waals surface area contributed by atoms with Gasteiger partial charge in [-0.15, -0.1) is 0 Å². The SMILES string of the molecule is CN(C)Cc1cc(C(C)(C)c2ccc(Oc3ccc(C(=O)c4ccc(C(C)(C)C)cc4)cc3)cc2)ccc1OC(C)(C)C. The molecule has 4 heteroatoms. The number of carbonyl (C=O) groups is 1. The molecule has 0 N–H and O–H groups in total. The zero-order valence-corrected chi connectivity index (χ0v) is 27.5. The number of rotatable bonds is 9. The Labute approximate surface area is 258 Å². The molecule has 0 aromatic heterocycles. The lowest BCUT2D eigenvalue weighted by molar-refractivity contribution is 0.103. The summed E-state index contributed by atoms with van der Waals surface area (Å²) in [6.07, 6.45) is 0. The third kappa shape index (κ3) is 8.14. The van der Waals surface area contributed by atoms with Crippen LogP contribution >= 0.6 is 0 Å². The van der Waals surface area contributed by atoms with Crippen LogP contribution in [0, 0.1) is 0 Å². The summed E-state index contributed by atoms with van der Waals surface area (Å²) in [7, 11) is 4.16. The second-order valence-electron chi connectivity index (χ2n) is 14.2. The lowest BCUT2D eigenvalue weighted by Gasteiger charge is -2.29. The molecule has 4 nitrogen and oxygen atoms in total. The highest BCUT2D eigenvalue weighted by Gasteiger charge is 2.25. The summed E-state index contributed by atoms with van der Waals surface area (Å²) in [5.41, 5.74) is 5.71. The minimum absolute atomic E-state index is 0.00494. The van der Waals surface area contributed by atoms with Crippen LogP contribution in [0.1, 0.15) is 93.6 Å². The Kier molecular flexibility index (Phi) is 9.22. The predicted octanol–water partition coefficient (Wildman–Crippen LogP) is 9.57. The molecule has 0 amide bonds. The predicted molar refractivity (Wildman–Crippen MR) is 178 cm³/mol. The molecule has 0 aliphatic rings. The van der Waals surface area contributed by atoms with E-state index in [-0.39, 0.29) is 22.2 Å². The van der Waals surface area contributed by atoms with Crippen molar-refractivity contribution in [2.24, 2.45) is 0 Å². The lowest BCUT2D eigenvalue weighted by atomic mass is 9.77. The molecule has 0 unspecified atom stereocenters. The maximum absolute atomic E-state index is 13.0. The van der Waals surface area contributed by atoms with Crippen molar-refractivity contribution in [3.8, 4) is 17.2 Å². The minimum atomic E-state index is -0.262. The summed E-state index contributed by atoms with van der Waals surface area (Å²) in [4.78, 5) is 15.2. The number of nitrogens with zero attached hydrogens (tertiary/aromatic N) is 1. The highest BCUT2D eigenvalue weighted by Crippen LogP contribution is 2.36. The zero-order valence-electron chi connectivity index (χ0n) is 27.5. The number of carbonyl (C=O) groups excluding carboxylic acids is 1. The Bertz CT molecular complexity index is 1530. The molecule has 0 aliphatic heterocycles. The van der Waals surface area contributed by atoms with E-state index in [1.165, 1.54) is 22.3 Å². The van der Waals surface area contributed by atoms with Crippen molar-refractivity contribution >= 4 is 5.78 Å². The molecule has 0 fully saturated rings. The molecule has 0 saturated heterocycles. The summed E-state index contributed by atoms with van der Waals surface area (Å²) in [6.45, 7) is 18.0. The third-order valence-corrected chi connectivity index (χ3v) is 7.63. The quantitative estimate of drug-likeness (QED) is 0.186. The normalized spacial score (nSPS) is 12.3. The van der Waals surface area contributed by atoms with Crippen molar-refractivity contribution in [2.75, 3.05) is 14.1 Å². The van der Waals surface area contributed by atoms with Gasteiger partial charge in [0.2, 0.25) is 0 Å². The molecule has 4 aromatic rings. The maximum atomic E-state index is 13.0. The van der Waals surface area contributed by atoms with Gasteiger partial charge >= 0.3 is 0 Å². The fourth-order valence-corrected chi connectivity index (χ4v) is 5.07. The lowest BCUT2D eigenvalue weighted by Crippen LogP contribution is -2.25. The molecule has 0 spiro atoms. The summed E-state index contributed by atoms with van der Waals surface area (Å²) in [5, 5.41) is 0. The Morgan fingerprint density at radius 2 is 1.09 bits per heavy atom. The van der Waals surface area contributed by atoms with Crippen LogP contribution in [-0.2, 0) is 17.4 Å². The topological polar surface area (TPSA) is 38.8 Å². The standard InChI is InChI=1S/C39H47NO3/c1-37(2,3)30-15-11-27(12-16-30)36(41)28-13-20-33(21-14-28)42-34-22-17-31(18-23-34)39(7,8)32-19-24-35(43-38(4,5)6)29(25-32)26-40(9)10/h11-25H,26H2,1-10H3. The van der Waals surface area contributed by atoms with Crippen LogP contribution in [0.5, 0.6) is 17.2 Å². The summed E-state index contributed by atoms with van der Waals surface area (Å²) >= 11 is 0. The van der Waals surface area contributed by atoms with E-state index in [0.29, 0.717) is 16.9 Å². The molecule has 0 heterocycles. The van der Waals surface area contributed by atoms with Crippen LogP contribution in [0.15, 0.2) is 91.0 Å². The average molecular weight is 578 g/mol. The van der Waals surface area contributed by atoms with Crippen molar-refractivity contribution in [2.45, 2.75) is 78.4 Å². The van der Waals surface area contributed by atoms with E-state index in [4.69, 9.17) is 9.47 Å². The molecule has 43 heavy (non-hydrogen) atoms. The van der Waals surface area contributed by atoms with Gasteiger partial charge in [-0.3, -0.25) is 4.79 Å². The first kappa shape index (κ1) is 32.0. The Balaban J connectivity index is 1.47. The second-order valence-corrected chi connectivity index (χ2v) is 14.2. The molecule has 0 bridgehead atoms. The van der Waals surface area contributed by atoms with E-state index in [2.05, 4.69) is 105 Å². The van der Waals surface area contributed by atoms with Crippen LogP contribution in [0.4, 0.5) is 0 Å². The van der Waals surface area contributed by atoms with Gasteiger partial charge in [0.05, 0.1) is 0 Å². The van der Waals surface area contributed by atoms with E-state index in [1.807, 2.05) is 60.7 Å². The zero-order chi connectivity index (χ0) is 31.6. The highest BCUT2D eigenvalue weighted by molar-refractivity contribution is 6.09. The maximum Gasteiger partial charge on any atom is 0.193 e. The molecule has 0 radical (unpaired) electrons. The van der Waals surface area contributed by atoms with E-state index < -0.39 is 0 Å². The van der Waals surface area contributed by atoms with E-state index in [9.17, 15) is 4.79 Å². The largest absolute Gasteiger partial charge is 0.488 e. The Hall–Kier alpha value is -3.89. The van der Waals surface area contributed by atoms with Gasteiger partial charge in [-0.05, 0) is 106 Å². The molecule has 226 valence electrons. The van der Waals surface area contributed by atoms with Crippen LogP contribution in [0.2, 0.25) is 0 Å². The van der Waals surface area contributed by atoms with Gasteiger partial charge in [0, 0.05) is 28.7 Å². The number of benzene rings is 4.